The zero-order chi connectivity index (χ0) is 26.4. The van der Waals surface area contributed by atoms with Gasteiger partial charge in [0.1, 0.15) is 24.1 Å². The minimum Gasteiger partial charge on any atom is -0.497 e. The molecule has 202 valence electrons. The maximum Gasteiger partial charge on any atom is 0.320 e. The molecule has 0 aromatic heterocycles. The zero-order valence-corrected chi connectivity index (χ0v) is 22.9. The summed E-state index contributed by atoms with van der Waals surface area (Å²) in [5.74, 6) is 2.95. The Morgan fingerprint density at radius 2 is 1.65 bits per heavy atom. The molecule has 0 amide bonds. The highest BCUT2D eigenvalue weighted by Crippen LogP contribution is 2.39. The first kappa shape index (κ1) is 27.9. The van der Waals surface area contributed by atoms with Gasteiger partial charge < -0.3 is 25.1 Å². The highest BCUT2D eigenvalue weighted by Gasteiger charge is 2.27. The fourth-order valence-corrected chi connectivity index (χ4v) is 6.47. The second-order valence-electron chi connectivity index (χ2n) is 10.5. The summed E-state index contributed by atoms with van der Waals surface area (Å²) in [6.45, 7) is 0.891. The molecule has 5 rings (SSSR count). The van der Waals surface area contributed by atoms with Crippen LogP contribution in [0.2, 0.25) is 10.0 Å². The van der Waals surface area contributed by atoms with Crippen LogP contribution >= 0.6 is 23.2 Å². The molecule has 3 fully saturated rings. The molecule has 0 heterocycles. The Kier molecular flexibility index (Phi) is 9.85. The van der Waals surface area contributed by atoms with Crippen molar-refractivity contribution in [1.82, 2.24) is 0 Å². The number of fused-ring (bicyclic) bond motifs is 6. The van der Waals surface area contributed by atoms with Crippen LogP contribution in [0.5, 0.6) is 17.2 Å². The number of methoxy groups -OCH3 is 1. The molecule has 37 heavy (non-hydrogen) atoms. The van der Waals surface area contributed by atoms with Crippen LogP contribution in [0, 0.1) is 17.8 Å². The van der Waals surface area contributed by atoms with Crippen molar-refractivity contribution in [2.24, 2.45) is 23.5 Å². The zero-order valence-electron chi connectivity index (χ0n) is 21.4. The van der Waals surface area contributed by atoms with Crippen molar-refractivity contribution >= 4 is 29.2 Å². The van der Waals surface area contributed by atoms with Gasteiger partial charge in [-0.3, -0.25) is 4.79 Å². The molecule has 0 saturated heterocycles. The molecule has 0 aliphatic heterocycles. The van der Waals surface area contributed by atoms with Gasteiger partial charge >= 0.3 is 5.97 Å². The predicted molar refractivity (Wildman–Crippen MR) is 146 cm³/mol. The Hall–Kier alpha value is -2.15. The summed E-state index contributed by atoms with van der Waals surface area (Å²) in [5.41, 5.74) is 7.12. The Labute approximate surface area is 229 Å². The van der Waals surface area contributed by atoms with Crippen molar-refractivity contribution < 1.29 is 24.1 Å². The van der Waals surface area contributed by atoms with E-state index in [1.54, 1.807) is 19.2 Å². The lowest BCUT2D eigenvalue weighted by atomic mass is 9.73. The van der Waals surface area contributed by atoms with Crippen LogP contribution in [0.3, 0.4) is 0 Å². The smallest absolute Gasteiger partial charge is 0.320 e. The molecule has 3 saturated carbocycles. The van der Waals surface area contributed by atoms with Crippen LogP contribution in [0.4, 0.5) is 0 Å². The molecule has 0 radical (unpaired) electrons. The average molecular weight is 551 g/mol. The second kappa shape index (κ2) is 13.1. The third kappa shape index (κ3) is 7.68. The van der Waals surface area contributed by atoms with E-state index in [1.807, 2.05) is 18.2 Å². The number of rotatable bonds is 10. The van der Waals surface area contributed by atoms with Gasteiger partial charge in [0, 0.05) is 5.56 Å². The number of halogens is 2. The number of hydrogen-bond donors (Lipinski definition) is 2. The first-order chi connectivity index (χ1) is 17.8. The molecule has 0 unspecified atom stereocenters. The number of carboxylic acids is 1. The lowest BCUT2D eigenvalue weighted by Crippen LogP contribution is -2.32. The van der Waals surface area contributed by atoms with E-state index in [1.165, 1.54) is 51.4 Å². The maximum absolute atomic E-state index is 11.1. The largest absolute Gasteiger partial charge is 0.497 e. The Morgan fingerprint density at radius 1 is 1.03 bits per heavy atom. The van der Waals surface area contributed by atoms with Gasteiger partial charge in [-0.05, 0) is 72.9 Å². The minimum absolute atomic E-state index is 0.117. The molecule has 0 spiro atoms. The molecule has 1 atom stereocenters. The van der Waals surface area contributed by atoms with Gasteiger partial charge in [-0.15, -0.1) is 0 Å². The molecule has 3 N–H and O–H groups in total. The van der Waals surface area contributed by atoms with Crippen LogP contribution in [-0.2, 0) is 17.8 Å². The van der Waals surface area contributed by atoms with E-state index in [4.69, 9.17) is 48.3 Å². The minimum atomic E-state index is -1.08. The molecular formula is C29H37Cl2NO5. The highest BCUT2D eigenvalue weighted by atomic mass is 35.5. The second-order valence-corrected chi connectivity index (χ2v) is 11.4. The van der Waals surface area contributed by atoms with Gasteiger partial charge in [0.15, 0.2) is 5.75 Å². The van der Waals surface area contributed by atoms with E-state index in [2.05, 4.69) is 0 Å². The molecule has 2 bridgehead atoms. The SMILES string of the molecule is COc1ccc(OCC2CC3CCCC(CCC3)C2)c(COc2c(Cl)cc(C[C@H](N)C(=O)O)cc2Cl)c1. The van der Waals surface area contributed by atoms with Crippen molar-refractivity contribution in [3.8, 4) is 17.2 Å². The fraction of sp³-hybridized carbons (Fsp3) is 0.552. The van der Waals surface area contributed by atoms with Gasteiger partial charge in [0.25, 0.3) is 0 Å². The summed E-state index contributed by atoms with van der Waals surface area (Å²) in [6, 6.07) is 7.98. The topological polar surface area (TPSA) is 91.0 Å². The summed E-state index contributed by atoms with van der Waals surface area (Å²) in [5, 5.41) is 9.67. The molecule has 2 aromatic carbocycles. The number of hydrogen-bond acceptors (Lipinski definition) is 5. The molecule has 8 heteroatoms. The summed E-state index contributed by atoms with van der Waals surface area (Å²) in [7, 11) is 1.63. The van der Waals surface area contributed by atoms with E-state index >= 15 is 0 Å². The van der Waals surface area contributed by atoms with Crippen LogP contribution in [0.15, 0.2) is 30.3 Å². The molecule has 3 aliphatic carbocycles. The van der Waals surface area contributed by atoms with Gasteiger partial charge in [-0.2, -0.15) is 0 Å². The molecule has 6 nitrogen and oxygen atoms in total. The van der Waals surface area contributed by atoms with Crippen molar-refractivity contribution in [1.29, 1.82) is 0 Å². The summed E-state index contributed by atoms with van der Waals surface area (Å²) in [4.78, 5) is 11.1. The number of benzene rings is 2. The van der Waals surface area contributed by atoms with E-state index in [-0.39, 0.29) is 13.0 Å². The van der Waals surface area contributed by atoms with Crippen LogP contribution in [0.1, 0.15) is 62.5 Å². The van der Waals surface area contributed by atoms with E-state index in [9.17, 15) is 4.79 Å². The summed E-state index contributed by atoms with van der Waals surface area (Å²) in [6.07, 6.45) is 10.8. The first-order valence-corrected chi connectivity index (χ1v) is 14.0. The number of carboxylic acid groups (broad SMARTS) is 1. The standard InChI is InChI=1S/C29H37Cl2NO5/c1-35-23-8-9-27(36-16-21-10-18-4-2-5-19(11-21)7-3-6-18)22(15-23)17-37-28-24(30)12-20(13-25(28)31)14-26(32)29(33)34/h8-9,12-13,15,18-19,21,26H,2-7,10-11,14,16-17,32H2,1H3,(H,33,34)/t18?,19?,21?,26-/m0/s1. The van der Waals surface area contributed by atoms with Crippen molar-refractivity contribution in [2.45, 2.75) is 70.4 Å². The number of aliphatic carboxylic acids is 1. The van der Waals surface area contributed by atoms with Crippen molar-refractivity contribution in [3.63, 3.8) is 0 Å². The Morgan fingerprint density at radius 3 is 2.22 bits per heavy atom. The number of nitrogens with two attached hydrogens (primary N) is 1. The van der Waals surface area contributed by atoms with Crippen molar-refractivity contribution in [2.75, 3.05) is 13.7 Å². The lowest BCUT2D eigenvalue weighted by molar-refractivity contribution is -0.138. The summed E-state index contributed by atoms with van der Waals surface area (Å²) >= 11 is 12.9. The molecular weight excluding hydrogens is 513 g/mol. The quantitative estimate of drug-likeness (QED) is 0.334. The molecule has 2 aromatic rings. The van der Waals surface area contributed by atoms with Crippen LogP contribution < -0.4 is 19.9 Å². The van der Waals surface area contributed by atoms with E-state index in [0.717, 1.165) is 23.1 Å². The predicted octanol–water partition coefficient (Wildman–Crippen LogP) is 6.91. The lowest BCUT2D eigenvalue weighted by Gasteiger charge is -2.34. The Balaban J connectivity index is 1.44. The van der Waals surface area contributed by atoms with Crippen LogP contribution in [0.25, 0.3) is 0 Å². The first-order valence-electron chi connectivity index (χ1n) is 13.2. The third-order valence-corrected chi connectivity index (χ3v) is 8.29. The average Bonchev–Trinajstić information content (AvgIpc) is 2.82. The van der Waals surface area contributed by atoms with Crippen LogP contribution in [-0.4, -0.2) is 30.8 Å². The molecule has 3 aliphatic rings. The normalized spacial score (nSPS) is 22.4. The van der Waals surface area contributed by atoms with Crippen molar-refractivity contribution in [3.05, 3.63) is 51.5 Å². The van der Waals surface area contributed by atoms with E-state index < -0.39 is 12.0 Å². The van der Waals surface area contributed by atoms with Gasteiger partial charge in [0.05, 0.1) is 23.8 Å². The number of carbonyl (C=O) groups is 1. The van der Waals surface area contributed by atoms with Gasteiger partial charge in [0.2, 0.25) is 0 Å². The maximum atomic E-state index is 11.1. The fourth-order valence-electron chi connectivity index (χ4n) is 5.83. The highest BCUT2D eigenvalue weighted by molar-refractivity contribution is 6.37. The monoisotopic (exact) mass is 549 g/mol. The third-order valence-electron chi connectivity index (χ3n) is 7.73. The van der Waals surface area contributed by atoms with E-state index in [0.29, 0.717) is 39.6 Å². The summed E-state index contributed by atoms with van der Waals surface area (Å²) < 4.78 is 17.9. The number of ether oxygens (including phenoxy) is 3. The Bertz CT molecular complexity index is 1030. The van der Waals surface area contributed by atoms with Gasteiger partial charge in [-0.25, -0.2) is 0 Å². The van der Waals surface area contributed by atoms with Gasteiger partial charge in [-0.1, -0.05) is 61.7 Å².